The molecule has 1 aromatic carbocycles. The van der Waals surface area contributed by atoms with E-state index in [0.29, 0.717) is 0 Å². The third kappa shape index (κ3) is 3.68. The molecule has 0 spiro atoms. The van der Waals surface area contributed by atoms with Gasteiger partial charge in [0.05, 0.1) is 17.7 Å². The maximum absolute atomic E-state index is 12.6. The molecule has 20 heavy (non-hydrogen) atoms. The molecule has 0 radical (unpaired) electrons. The van der Waals surface area contributed by atoms with Gasteiger partial charge in [-0.1, -0.05) is 28.1 Å². The molecule has 2 atom stereocenters. The lowest BCUT2D eigenvalue weighted by Gasteiger charge is -2.43. The van der Waals surface area contributed by atoms with E-state index in [1.807, 2.05) is 31.2 Å². The van der Waals surface area contributed by atoms with Crippen LogP contribution in [0.25, 0.3) is 0 Å². The molecule has 1 heterocycles. The van der Waals surface area contributed by atoms with Crippen molar-refractivity contribution in [2.24, 2.45) is 0 Å². The van der Waals surface area contributed by atoms with E-state index in [0.717, 1.165) is 23.1 Å². The zero-order valence-electron chi connectivity index (χ0n) is 12.5. The Kier molecular flexibility index (Phi) is 4.67. The second kappa shape index (κ2) is 5.96. The van der Waals surface area contributed by atoms with Crippen molar-refractivity contribution in [1.82, 2.24) is 4.90 Å². The summed E-state index contributed by atoms with van der Waals surface area (Å²) in [6.45, 7) is 9.77. The molecule has 2 rings (SSSR count). The van der Waals surface area contributed by atoms with Crippen molar-refractivity contribution in [3.05, 3.63) is 34.3 Å². The van der Waals surface area contributed by atoms with Crippen LogP contribution < -0.4 is 0 Å². The number of hydrogen-bond donors (Lipinski definition) is 0. The van der Waals surface area contributed by atoms with Crippen LogP contribution in [0.4, 0.5) is 0 Å². The Morgan fingerprint density at radius 3 is 2.55 bits per heavy atom. The van der Waals surface area contributed by atoms with E-state index >= 15 is 0 Å². The van der Waals surface area contributed by atoms with Gasteiger partial charge in [-0.3, -0.25) is 9.69 Å². The van der Waals surface area contributed by atoms with Gasteiger partial charge in [0.25, 0.3) is 0 Å². The number of carbonyl (C=O) groups is 1. The number of ketones is 1. The molecule has 1 saturated heterocycles. The van der Waals surface area contributed by atoms with Crippen molar-refractivity contribution in [2.45, 2.75) is 45.4 Å². The maximum atomic E-state index is 12.6. The van der Waals surface area contributed by atoms with E-state index < -0.39 is 0 Å². The first-order valence-corrected chi connectivity index (χ1v) is 7.79. The SMILES string of the molecule is CC1CN(C(C)C(=O)c2ccc(Br)cc2)CC(C)(C)O1. The van der Waals surface area contributed by atoms with Gasteiger partial charge in [-0.2, -0.15) is 0 Å². The van der Waals surface area contributed by atoms with Crippen LogP contribution >= 0.6 is 15.9 Å². The van der Waals surface area contributed by atoms with Crippen molar-refractivity contribution in [1.29, 1.82) is 0 Å². The van der Waals surface area contributed by atoms with Crippen LogP contribution in [0.15, 0.2) is 28.7 Å². The first-order valence-electron chi connectivity index (χ1n) is 7.00. The Morgan fingerprint density at radius 1 is 1.40 bits per heavy atom. The van der Waals surface area contributed by atoms with E-state index in [1.165, 1.54) is 0 Å². The van der Waals surface area contributed by atoms with E-state index in [1.54, 1.807) is 0 Å². The summed E-state index contributed by atoms with van der Waals surface area (Å²) in [4.78, 5) is 14.8. The number of benzene rings is 1. The lowest BCUT2D eigenvalue weighted by Crippen LogP contribution is -2.56. The van der Waals surface area contributed by atoms with E-state index in [9.17, 15) is 4.79 Å². The summed E-state index contributed by atoms with van der Waals surface area (Å²) in [5.74, 6) is 0.169. The van der Waals surface area contributed by atoms with Crippen molar-refractivity contribution in [2.75, 3.05) is 13.1 Å². The molecule has 0 aliphatic carbocycles. The van der Waals surface area contributed by atoms with Crippen LogP contribution in [0.1, 0.15) is 38.1 Å². The van der Waals surface area contributed by atoms with Crippen molar-refractivity contribution >= 4 is 21.7 Å². The molecule has 110 valence electrons. The fourth-order valence-electron chi connectivity index (χ4n) is 2.82. The van der Waals surface area contributed by atoms with Crippen molar-refractivity contribution < 1.29 is 9.53 Å². The number of ether oxygens (including phenoxy) is 1. The normalized spacial score (nSPS) is 24.4. The van der Waals surface area contributed by atoms with Gasteiger partial charge in [0, 0.05) is 23.1 Å². The molecule has 0 amide bonds. The molecule has 1 aromatic rings. The molecule has 0 saturated carbocycles. The van der Waals surface area contributed by atoms with Crippen LogP contribution in [0.3, 0.4) is 0 Å². The summed E-state index contributed by atoms with van der Waals surface area (Å²) in [5, 5.41) is 0. The Balaban J connectivity index is 2.12. The average molecular weight is 340 g/mol. The predicted octanol–water partition coefficient (Wildman–Crippen LogP) is 3.52. The number of morpholine rings is 1. The van der Waals surface area contributed by atoms with Crippen LogP contribution in [-0.4, -0.2) is 41.5 Å². The third-order valence-corrected chi connectivity index (χ3v) is 4.18. The minimum absolute atomic E-state index is 0.123. The number of carbonyl (C=O) groups excluding carboxylic acids is 1. The highest BCUT2D eigenvalue weighted by atomic mass is 79.9. The van der Waals surface area contributed by atoms with Gasteiger partial charge in [0.1, 0.15) is 0 Å². The molecule has 0 N–H and O–H groups in total. The molecule has 4 heteroatoms. The Labute approximate surface area is 129 Å². The Bertz CT molecular complexity index is 484. The quantitative estimate of drug-likeness (QED) is 0.789. The van der Waals surface area contributed by atoms with Gasteiger partial charge < -0.3 is 4.74 Å². The van der Waals surface area contributed by atoms with Gasteiger partial charge >= 0.3 is 0 Å². The molecule has 3 nitrogen and oxygen atoms in total. The number of halogens is 1. The van der Waals surface area contributed by atoms with Gasteiger partial charge in [0.2, 0.25) is 0 Å². The Morgan fingerprint density at radius 2 is 2.00 bits per heavy atom. The Hall–Kier alpha value is -0.710. The fraction of sp³-hybridized carbons (Fsp3) is 0.562. The van der Waals surface area contributed by atoms with Crippen LogP contribution in [0, 0.1) is 0 Å². The lowest BCUT2D eigenvalue weighted by molar-refractivity contribution is -0.133. The summed E-state index contributed by atoms with van der Waals surface area (Å²) in [6, 6.07) is 7.44. The number of rotatable bonds is 3. The summed E-state index contributed by atoms with van der Waals surface area (Å²) in [7, 11) is 0. The summed E-state index contributed by atoms with van der Waals surface area (Å²) in [6.07, 6.45) is 0.152. The first-order chi connectivity index (χ1) is 9.28. The topological polar surface area (TPSA) is 29.5 Å². The number of nitrogens with zero attached hydrogens (tertiary/aromatic N) is 1. The molecule has 1 fully saturated rings. The smallest absolute Gasteiger partial charge is 0.179 e. The van der Waals surface area contributed by atoms with Crippen molar-refractivity contribution in [3.63, 3.8) is 0 Å². The zero-order chi connectivity index (χ0) is 14.9. The van der Waals surface area contributed by atoms with E-state index in [2.05, 4.69) is 41.6 Å². The summed E-state index contributed by atoms with van der Waals surface area (Å²) in [5.41, 5.74) is 0.559. The van der Waals surface area contributed by atoms with Gasteiger partial charge in [-0.25, -0.2) is 0 Å². The van der Waals surface area contributed by atoms with Crippen LogP contribution in [0.2, 0.25) is 0 Å². The first kappa shape index (κ1) is 15.7. The highest BCUT2D eigenvalue weighted by molar-refractivity contribution is 9.10. The van der Waals surface area contributed by atoms with E-state index in [-0.39, 0.29) is 23.5 Å². The highest BCUT2D eigenvalue weighted by Crippen LogP contribution is 2.23. The standard InChI is InChI=1S/C16H22BrNO2/c1-11-9-18(10-16(3,4)20-11)12(2)15(19)13-5-7-14(17)8-6-13/h5-8,11-12H,9-10H2,1-4H3. The zero-order valence-corrected chi connectivity index (χ0v) is 14.1. The minimum Gasteiger partial charge on any atom is -0.370 e. The lowest BCUT2D eigenvalue weighted by atomic mass is 9.99. The summed E-state index contributed by atoms with van der Waals surface area (Å²) >= 11 is 3.39. The maximum Gasteiger partial charge on any atom is 0.179 e. The molecule has 1 aliphatic rings. The molecule has 0 bridgehead atoms. The molecule has 2 unspecified atom stereocenters. The second-order valence-corrected chi connectivity index (χ2v) is 7.08. The van der Waals surface area contributed by atoms with Gasteiger partial charge in [0.15, 0.2) is 5.78 Å². The van der Waals surface area contributed by atoms with Crippen molar-refractivity contribution in [3.8, 4) is 0 Å². The summed E-state index contributed by atoms with van der Waals surface area (Å²) < 4.78 is 6.88. The second-order valence-electron chi connectivity index (χ2n) is 6.16. The van der Waals surface area contributed by atoms with Gasteiger partial charge in [-0.05, 0) is 39.8 Å². The predicted molar refractivity (Wildman–Crippen MR) is 84.1 cm³/mol. The van der Waals surface area contributed by atoms with Crippen LogP contribution in [-0.2, 0) is 4.74 Å². The van der Waals surface area contributed by atoms with Crippen LogP contribution in [0.5, 0.6) is 0 Å². The molecular weight excluding hydrogens is 318 g/mol. The minimum atomic E-state index is -0.202. The fourth-order valence-corrected chi connectivity index (χ4v) is 3.08. The van der Waals surface area contributed by atoms with E-state index in [4.69, 9.17) is 4.74 Å². The number of hydrogen-bond acceptors (Lipinski definition) is 3. The third-order valence-electron chi connectivity index (χ3n) is 3.65. The molecule has 1 aliphatic heterocycles. The molecule has 0 aromatic heterocycles. The highest BCUT2D eigenvalue weighted by Gasteiger charge is 2.35. The number of Topliss-reactive ketones (excluding diaryl/α,β-unsaturated/α-hetero) is 1. The average Bonchev–Trinajstić information content (AvgIpc) is 2.35. The molecular formula is C16H22BrNO2. The largest absolute Gasteiger partial charge is 0.370 e. The van der Waals surface area contributed by atoms with Gasteiger partial charge in [-0.15, -0.1) is 0 Å². The monoisotopic (exact) mass is 339 g/mol.